The molecule has 0 fully saturated rings. The van der Waals surface area contributed by atoms with E-state index in [1.165, 1.54) is 6.07 Å². The molecule has 2 rings (SSSR count). The van der Waals surface area contributed by atoms with Crippen molar-refractivity contribution in [3.63, 3.8) is 0 Å². The van der Waals surface area contributed by atoms with Crippen LogP contribution >= 0.6 is 27.7 Å². The smallest absolute Gasteiger partial charge is 0.137 e. The molecule has 0 radical (unpaired) electrons. The summed E-state index contributed by atoms with van der Waals surface area (Å²) in [6.07, 6.45) is 2.17. The first kappa shape index (κ1) is 11.6. The molecule has 0 spiro atoms. The van der Waals surface area contributed by atoms with E-state index < -0.39 is 0 Å². The van der Waals surface area contributed by atoms with Crippen LogP contribution in [0.1, 0.15) is 17.3 Å². The minimum Gasteiger partial charge on any atom is -0.322 e. The fourth-order valence-electron chi connectivity index (χ4n) is 1.38. The largest absolute Gasteiger partial charge is 0.322 e. The summed E-state index contributed by atoms with van der Waals surface area (Å²) < 4.78 is 21.7. The first-order chi connectivity index (χ1) is 7.68. The van der Waals surface area contributed by atoms with Gasteiger partial charge in [0.15, 0.2) is 0 Å². The average molecular weight is 302 g/mol. The molecule has 1 aromatic carbocycles. The highest BCUT2D eigenvalue weighted by Gasteiger charge is 2.13. The lowest BCUT2D eigenvalue weighted by Gasteiger charge is -2.10. The SMILES string of the molecule is NC(Cc1cccc(F)c1Br)c1cnsn1. The monoisotopic (exact) mass is 301 g/mol. The third kappa shape index (κ3) is 2.45. The standard InChI is InChI=1S/C10H9BrFN3S/c11-10-6(2-1-3-7(10)12)4-8(13)9-5-14-16-15-9/h1-3,5,8H,4,13H2. The number of benzene rings is 1. The summed E-state index contributed by atoms with van der Waals surface area (Å²) in [7, 11) is 0. The molecule has 1 heterocycles. The molecule has 0 saturated heterocycles. The molecule has 0 aliphatic rings. The van der Waals surface area contributed by atoms with Gasteiger partial charge in [-0.1, -0.05) is 12.1 Å². The average Bonchev–Trinajstić information content (AvgIpc) is 2.78. The van der Waals surface area contributed by atoms with Gasteiger partial charge in [-0.3, -0.25) is 0 Å². The molecule has 0 aliphatic carbocycles. The lowest BCUT2D eigenvalue weighted by Crippen LogP contribution is -2.14. The van der Waals surface area contributed by atoms with Crippen molar-refractivity contribution in [1.82, 2.24) is 8.75 Å². The minimum atomic E-state index is -0.277. The van der Waals surface area contributed by atoms with E-state index in [9.17, 15) is 4.39 Å². The number of nitrogens with two attached hydrogens (primary N) is 1. The van der Waals surface area contributed by atoms with Crippen LogP contribution in [0.5, 0.6) is 0 Å². The van der Waals surface area contributed by atoms with Crippen LogP contribution in [0.15, 0.2) is 28.9 Å². The second-order valence-corrected chi connectivity index (χ2v) is 4.71. The van der Waals surface area contributed by atoms with Gasteiger partial charge in [-0.15, -0.1) is 0 Å². The molecule has 0 saturated carbocycles. The molecule has 0 bridgehead atoms. The number of hydrogen-bond acceptors (Lipinski definition) is 4. The van der Waals surface area contributed by atoms with Crippen molar-refractivity contribution in [2.75, 3.05) is 0 Å². The zero-order chi connectivity index (χ0) is 11.5. The van der Waals surface area contributed by atoms with Gasteiger partial charge in [0.2, 0.25) is 0 Å². The van der Waals surface area contributed by atoms with Crippen LogP contribution < -0.4 is 5.73 Å². The first-order valence-electron chi connectivity index (χ1n) is 4.64. The van der Waals surface area contributed by atoms with Gasteiger partial charge in [-0.05, 0) is 34.0 Å². The van der Waals surface area contributed by atoms with E-state index in [-0.39, 0.29) is 11.9 Å². The Morgan fingerprint density at radius 1 is 1.50 bits per heavy atom. The van der Waals surface area contributed by atoms with Gasteiger partial charge in [0.1, 0.15) is 5.82 Å². The maximum Gasteiger partial charge on any atom is 0.137 e. The predicted molar refractivity (Wildman–Crippen MR) is 64.6 cm³/mol. The fourth-order valence-corrected chi connectivity index (χ4v) is 2.29. The maximum atomic E-state index is 13.3. The Hall–Kier alpha value is -0.850. The van der Waals surface area contributed by atoms with Gasteiger partial charge in [0, 0.05) is 0 Å². The van der Waals surface area contributed by atoms with Crippen LogP contribution in [-0.2, 0) is 6.42 Å². The maximum absolute atomic E-state index is 13.3. The van der Waals surface area contributed by atoms with E-state index in [4.69, 9.17) is 5.73 Å². The van der Waals surface area contributed by atoms with Gasteiger partial charge in [-0.25, -0.2) is 4.39 Å². The predicted octanol–water partition coefficient (Wildman–Crippen LogP) is 2.68. The van der Waals surface area contributed by atoms with Gasteiger partial charge < -0.3 is 5.73 Å². The topological polar surface area (TPSA) is 51.8 Å². The third-order valence-electron chi connectivity index (χ3n) is 2.23. The number of nitrogens with zero attached hydrogens (tertiary/aromatic N) is 2. The van der Waals surface area contributed by atoms with Crippen LogP contribution in [0.3, 0.4) is 0 Å². The molecule has 84 valence electrons. The van der Waals surface area contributed by atoms with Crippen molar-refractivity contribution in [2.45, 2.75) is 12.5 Å². The Morgan fingerprint density at radius 3 is 3.00 bits per heavy atom. The van der Waals surface area contributed by atoms with Gasteiger partial charge >= 0.3 is 0 Å². The Labute approximate surface area is 105 Å². The number of aromatic nitrogens is 2. The third-order valence-corrected chi connectivity index (χ3v) is 3.61. The summed E-state index contributed by atoms with van der Waals surface area (Å²) in [6.45, 7) is 0. The minimum absolute atomic E-state index is 0.253. The van der Waals surface area contributed by atoms with E-state index in [1.807, 2.05) is 6.07 Å². The lowest BCUT2D eigenvalue weighted by atomic mass is 10.0. The molecule has 0 amide bonds. The van der Waals surface area contributed by atoms with Gasteiger partial charge in [-0.2, -0.15) is 8.75 Å². The molecular formula is C10H9BrFN3S. The zero-order valence-corrected chi connectivity index (χ0v) is 10.6. The van der Waals surface area contributed by atoms with Crippen LogP contribution in [0.4, 0.5) is 4.39 Å². The van der Waals surface area contributed by atoms with Gasteiger partial charge in [0.05, 0.1) is 34.1 Å². The Balaban J connectivity index is 2.18. The van der Waals surface area contributed by atoms with Crippen LogP contribution in [-0.4, -0.2) is 8.75 Å². The highest BCUT2D eigenvalue weighted by Crippen LogP contribution is 2.24. The summed E-state index contributed by atoms with van der Waals surface area (Å²) >= 11 is 4.33. The summed E-state index contributed by atoms with van der Waals surface area (Å²) in [6, 6.07) is 4.66. The van der Waals surface area contributed by atoms with E-state index in [2.05, 4.69) is 24.7 Å². The van der Waals surface area contributed by atoms with E-state index in [0.29, 0.717) is 10.9 Å². The lowest BCUT2D eigenvalue weighted by molar-refractivity contribution is 0.613. The molecule has 2 aromatic rings. The quantitative estimate of drug-likeness (QED) is 0.948. The number of halogens is 2. The van der Waals surface area contributed by atoms with E-state index in [1.54, 1.807) is 12.3 Å². The molecule has 2 N–H and O–H groups in total. The second kappa shape index (κ2) is 4.99. The molecule has 0 aliphatic heterocycles. The van der Waals surface area contributed by atoms with Crippen molar-refractivity contribution in [1.29, 1.82) is 0 Å². The first-order valence-corrected chi connectivity index (χ1v) is 6.16. The molecule has 16 heavy (non-hydrogen) atoms. The summed E-state index contributed by atoms with van der Waals surface area (Å²) in [5, 5.41) is 0. The van der Waals surface area contributed by atoms with Crippen molar-refractivity contribution in [3.05, 3.63) is 45.9 Å². The molecule has 1 aromatic heterocycles. The van der Waals surface area contributed by atoms with Crippen LogP contribution in [0, 0.1) is 5.82 Å². The van der Waals surface area contributed by atoms with Gasteiger partial charge in [0.25, 0.3) is 0 Å². The summed E-state index contributed by atoms with van der Waals surface area (Å²) in [4.78, 5) is 0. The summed E-state index contributed by atoms with van der Waals surface area (Å²) in [5.41, 5.74) is 7.52. The molecule has 1 unspecified atom stereocenters. The highest BCUT2D eigenvalue weighted by atomic mass is 79.9. The summed E-state index contributed by atoms with van der Waals surface area (Å²) in [5.74, 6) is -0.277. The van der Waals surface area contributed by atoms with Crippen molar-refractivity contribution in [2.24, 2.45) is 5.73 Å². The van der Waals surface area contributed by atoms with Crippen LogP contribution in [0.25, 0.3) is 0 Å². The van der Waals surface area contributed by atoms with E-state index >= 15 is 0 Å². The fraction of sp³-hybridized carbons (Fsp3) is 0.200. The van der Waals surface area contributed by atoms with Crippen molar-refractivity contribution >= 4 is 27.7 Å². The van der Waals surface area contributed by atoms with E-state index in [0.717, 1.165) is 23.0 Å². The normalized spacial score (nSPS) is 12.7. The van der Waals surface area contributed by atoms with Crippen molar-refractivity contribution in [3.8, 4) is 0 Å². The zero-order valence-electron chi connectivity index (χ0n) is 8.23. The molecule has 3 nitrogen and oxygen atoms in total. The Kier molecular flexibility index (Phi) is 3.63. The Bertz CT molecular complexity index is 475. The molecule has 1 atom stereocenters. The number of rotatable bonds is 3. The van der Waals surface area contributed by atoms with Crippen LogP contribution in [0.2, 0.25) is 0 Å². The Morgan fingerprint density at radius 2 is 2.31 bits per heavy atom. The highest BCUT2D eigenvalue weighted by molar-refractivity contribution is 9.10. The molecular weight excluding hydrogens is 293 g/mol. The second-order valence-electron chi connectivity index (χ2n) is 3.36. The number of hydrogen-bond donors (Lipinski definition) is 1. The molecule has 6 heteroatoms. The van der Waals surface area contributed by atoms with Crippen molar-refractivity contribution < 1.29 is 4.39 Å².